The SMILES string of the molecule is CC(C)c1cccc(C(C)C)c1N1C(=O)c2cc(-c3cncnc3)c3c4c(cc(-c5cncnc5)c(c24)C1=O)C(=O)N(c1c(C(C)C)cccc1C(C)C)C3=O. The second kappa shape index (κ2) is 13.7. The van der Waals surface area contributed by atoms with Crippen molar-refractivity contribution in [2.24, 2.45) is 0 Å². The molecule has 0 bridgehead atoms. The summed E-state index contributed by atoms with van der Waals surface area (Å²) in [7, 11) is 0. The average molecular weight is 743 g/mol. The molecular weight excluding hydrogens is 701 g/mol. The number of imide groups is 2. The van der Waals surface area contributed by atoms with Gasteiger partial charge in [0.25, 0.3) is 23.6 Å². The molecule has 4 amide bonds. The molecule has 0 spiro atoms. The predicted molar refractivity (Wildman–Crippen MR) is 218 cm³/mol. The minimum Gasteiger partial charge on any atom is -0.268 e. The molecule has 0 saturated carbocycles. The van der Waals surface area contributed by atoms with Crippen LogP contribution in [-0.2, 0) is 0 Å². The summed E-state index contributed by atoms with van der Waals surface area (Å²) in [6.45, 7) is 16.3. The molecule has 10 heteroatoms. The van der Waals surface area contributed by atoms with Gasteiger partial charge in [0.1, 0.15) is 12.7 Å². The Kier molecular flexibility index (Phi) is 8.95. The van der Waals surface area contributed by atoms with E-state index in [1.165, 1.54) is 22.5 Å². The number of amides is 4. The summed E-state index contributed by atoms with van der Waals surface area (Å²) < 4.78 is 0. The standard InChI is InChI=1S/C46H42N6O4/c1-23(2)29-11-9-12-30(24(3)4)41(29)51-43(53)35-15-34(28-19-49-22-50-20-28)40-38-36(16-33(27-17-47-21-48-18-27)39(37(35)38)45(51)55)44(54)52(46(40)56)42-31(25(5)6)13-10-14-32(42)26(7)8/h9-26H,1-8H3. The molecule has 0 atom stereocenters. The van der Waals surface area contributed by atoms with Crippen molar-refractivity contribution in [1.82, 2.24) is 19.9 Å². The number of hydrogen-bond acceptors (Lipinski definition) is 8. The van der Waals surface area contributed by atoms with Crippen molar-refractivity contribution in [3.8, 4) is 22.3 Å². The normalized spacial score (nSPS) is 14.1. The highest BCUT2D eigenvalue weighted by Crippen LogP contribution is 2.49. The lowest BCUT2D eigenvalue weighted by Gasteiger charge is -2.37. The molecule has 0 N–H and O–H groups in total. The third-order valence-corrected chi connectivity index (χ3v) is 11.0. The molecule has 0 saturated heterocycles. The first kappa shape index (κ1) is 36.6. The van der Waals surface area contributed by atoms with E-state index in [1.807, 2.05) is 91.8 Å². The Morgan fingerprint density at radius 2 is 0.732 bits per heavy atom. The Bertz CT molecular complexity index is 2400. The summed E-state index contributed by atoms with van der Waals surface area (Å²) in [5.41, 5.74) is 6.96. The Labute approximate surface area is 325 Å². The summed E-state index contributed by atoms with van der Waals surface area (Å²) in [5, 5.41) is 0.498. The summed E-state index contributed by atoms with van der Waals surface area (Å²) in [4.78, 5) is 81.0. The third kappa shape index (κ3) is 5.45. The second-order valence-corrected chi connectivity index (χ2v) is 15.8. The van der Waals surface area contributed by atoms with E-state index < -0.39 is 23.6 Å². The first-order valence-electron chi connectivity index (χ1n) is 19.0. The highest BCUT2D eigenvalue weighted by atomic mass is 16.2. The number of carbonyl (C=O) groups excluding carboxylic acids is 4. The fourth-order valence-corrected chi connectivity index (χ4v) is 8.34. The number of nitrogens with zero attached hydrogens (tertiary/aromatic N) is 6. The Morgan fingerprint density at radius 3 is 1.02 bits per heavy atom. The lowest BCUT2D eigenvalue weighted by atomic mass is 9.78. The smallest absolute Gasteiger partial charge is 0.266 e. The molecular formula is C46H42N6O4. The maximum Gasteiger partial charge on any atom is 0.266 e. The summed E-state index contributed by atoms with van der Waals surface area (Å²) in [6.07, 6.45) is 9.14. The van der Waals surface area contributed by atoms with Crippen LogP contribution in [0.25, 0.3) is 33.0 Å². The van der Waals surface area contributed by atoms with Gasteiger partial charge in [-0.1, -0.05) is 91.8 Å². The molecule has 2 aliphatic heterocycles. The van der Waals surface area contributed by atoms with Gasteiger partial charge in [0.15, 0.2) is 0 Å². The van der Waals surface area contributed by atoms with Crippen molar-refractivity contribution in [2.45, 2.75) is 79.1 Å². The van der Waals surface area contributed by atoms with E-state index in [9.17, 15) is 0 Å². The van der Waals surface area contributed by atoms with Gasteiger partial charge in [-0.2, -0.15) is 0 Å². The summed E-state index contributed by atoms with van der Waals surface area (Å²) in [5.74, 6) is -2.31. The molecule has 0 fully saturated rings. The van der Waals surface area contributed by atoms with Crippen molar-refractivity contribution in [3.05, 3.63) is 130 Å². The van der Waals surface area contributed by atoms with Crippen LogP contribution < -0.4 is 9.80 Å². The largest absolute Gasteiger partial charge is 0.268 e. The van der Waals surface area contributed by atoms with Crippen LogP contribution >= 0.6 is 0 Å². The summed E-state index contributed by atoms with van der Waals surface area (Å²) >= 11 is 0. The van der Waals surface area contributed by atoms with Gasteiger partial charge in [-0.15, -0.1) is 0 Å². The monoisotopic (exact) mass is 742 g/mol. The van der Waals surface area contributed by atoms with Gasteiger partial charge in [-0.25, -0.2) is 29.7 Å². The molecule has 2 aromatic heterocycles. The van der Waals surface area contributed by atoms with E-state index in [1.54, 1.807) is 36.9 Å². The second-order valence-electron chi connectivity index (χ2n) is 15.8. The molecule has 56 heavy (non-hydrogen) atoms. The minimum absolute atomic E-state index is 0.0224. The number of benzene rings is 4. The number of para-hydroxylation sites is 2. The van der Waals surface area contributed by atoms with Gasteiger partial charge >= 0.3 is 0 Å². The quantitative estimate of drug-likeness (QED) is 0.141. The van der Waals surface area contributed by atoms with E-state index in [-0.39, 0.29) is 56.7 Å². The third-order valence-electron chi connectivity index (χ3n) is 11.0. The number of rotatable bonds is 8. The first-order valence-corrected chi connectivity index (χ1v) is 19.0. The molecule has 4 aromatic carbocycles. The molecule has 2 aliphatic rings. The van der Waals surface area contributed by atoms with Crippen LogP contribution in [-0.4, -0.2) is 43.6 Å². The molecule has 6 aromatic rings. The van der Waals surface area contributed by atoms with Crippen molar-refractivity contribution < 1.29 is 19.2 Å². The summed E-state index contributed by atoms with van der Waals surface area (Å²) in [6, 6.07) is 15.1. The Morgan fingerprint density at radius 1 is 0.429 bits per heavy atom. The van der Waals surface area contributed by atoms with Crippen molar-refractivity contribution in [2.75, 3.05) is 9.80 Å². The lowest BCUT2D eigenvalue weighted by molar-refractivity contribution is 0.0873. The average Bonchev–Trinajstić information content (AvgIpc) is 3.19. The molecule has 0 radical (unpaired) electrons. The van der Waals surface area contributed by atoms with Crippen LogP contribution in [0.3, 0.4) is 0 Å². The zero-order valence-corrected chi connectivity index (χ0v) is 32.7. The topological polar surface area (TPSA) is 126 Å². The van der Waals surface area contributed by atoms with E-state index in [4.69, 9.17) is 0 Å². The van der Waals surface area contributed by atoms with Crippen molar-refractivity contribution in [3.63, 3.8) is 0 Å². The van der Waals surface area contributed by atoms with Gasteiger partial charge in [0.05, 0.1) is 22.5 Å². The maximum atomic E-state index is 15.4. The Hall–Kier alpha value is -6.42. The highest BCUT2D eigenvalue weighted by Gasteiger charge is 2.46. The van der Waals surface area contributed by atoms with Gasteiger partial charge in [-0.3, -0.25) is 19.2 Å². The van der Waals surface area contributed by atoms with E-state index in [0.29, 0.717) is 33.6 Å². The number of carbonyl (C=O) groups is 4. The molecule has 280 valence electrons. The zero-order valence-electron chi connectivity index (χ0n) is 32.7. The van der Waals surface area contributed by atoms with Crippen molar-refractivity contribution in [1.29, 1.82) is 0 Å². The molecule has 0 aliphatic carbocycles. The van der Waals surface area contributed by atoms with Gasteiger partial charge in [0, 0.05) is 57.8 Å². The number of hydrogen-bond donors (Lipinski definition) is 0. The van der Waals surface area contributed by atoms with Crippen LogP contribution in [0.5, 0.6) is 0 Å². The van der Waals surface area contributed by atoms with E-state index in [0.717, 1.165) is 22.3 Å². The Balaban J connectivity index is 1.54. The predicted octanol–water partition coefficient (Wildman–Crippen LogP) is 9.85. The van der Waals surface area contributed by atoms with Crippen LogP contribution in [0.15, 0.2) is 86.0 Å². The van der Waals surface area contributed by atoms with Gasteiger partial charge < -0.3 is 0 Å². The van der Waals surface area contributed by atoms with Crippen LogP contribution in [0.1, 0.15) is 143 Å². The lowest BCUT2D eigenvalue weighted by Crippen LogP contribution is -2.45. The zero-order chi connectivity index (χ0) is 39.7. The van der Waals surface area contributed by atoms with Crippen LogP contribution in [0, 0.1) is 0 Å². The fraction of sp³-hybridized carbons (Fsp3) is 0.261. The van der Waals surface area contributed by atoms with E-state index >= 15 is 19.2 Å². The van der Waals surface area contributed by atoms with Crippen LogP contribution in [0.4, 0.5) is 11.4 Å². The molecule has 0 unspecified atom stereocenters. The first-order chi connectivity index (χ1) is 26.8. The molecule has 10 nitrogen and oxygen atoms in total. The molecule has 4 heterocycles. The fourth-order valence-electron chi connectivity index (χ4n) is 8.34. The van der Waals surface area contributed by atoms with Gasteiger partial charge in [0.2, 0.25) is 0 Å². The minimum atomic E-state index is -0.556. The van der Waals surface area contributed by atoms with Crippen molar-refractivity contribution >= 4 is 45.8 Å². The highest BCUT2D eigenvalue weighted by molar-refractivity contribution is 6.45. The van der Waals surface area contributed by atoms with Gasteiger partial charge in [-0.05, 0) is 69.2 Å². The van der Waals surface area contributed by atoms with E-state index in [2.05, 4.69) is 19.9 Å². The van der Waals surface area contributed by atoms with Crippen LogP contribution in [0.2, 0.25) is 0 Å². The maximum absolute atomic E-state index is 15.4. The number of aromatic nitrogens is 4. The number of anilines is 2. The molecule has 8 rings (SSSR count).